The van der Waals surface area contributed by atoms with Crippen molar-refractivity contribution >= 4 is 35.3 Å². The summed E-state index contributed by atoms with van der Waals surface area (Å²) >= 11 is 3.17. The van der Waals surface area contributed by atoms with E-state index in [1.54, 1.807) is 18.7 Å². The summed E-state index contributed by atoms with van der Waals surface area (Å²) in [5.74, 6) is 0.192. The molecule has 5 heteroatoms. The average molecular weight is 234 g/mol. The molecule has 0 aliphatic heterocycles. The monoisotopic (exact) mass is 234 g/mol. The van der Waals surface area contributed by atoms with E-state index in [-0.39, 0.29) is 11.5 Å². The zero-order valence-corrected chi connectivity index (χ0v) is 9.70. The maximum Gasteiger partial charge on any atom is 0.313 e. The Morgan fingerprint density at radius 1 is 1.21 bits per heavy atom. The van der Waals surface area contributed by atoms with Gasteiger partial charge in [0.2, 0.25) is 0 Å². The lowest BCUT2D eigenvalue weighted by molar-refractivity contribution is -0.133. The van der Waals surface area contributed by atoms with Crippen LogP contribution in [-0.4, -0.2) is 38.9 Å². The highest BCUT2D eigenvalue weighted by atomic mass is 32.2. The van der Waals surface area contributed by atoms with E-state index in [1.807, 2.05) is 0 Å². The first-order valence-electron chi connectivity index (χ1n) is 4.54. The van der Waals surface area contributed by atoms with E-state index in [9.17, 15) is 9.59 Å². The fourth-order valence-electron chi connectivity index (χ4n) is 1.22. The van der Waals surface area contributed by atoms with Gasteiger partial charge >= 0.3 is 5.97 Å². The number of rotatable bonds is 6. The van der Waals surface area contributed by atoms with Gasteiger partial charge in [0.25, 0.3) is 0 Å². The van der Waals surface area contributed by atoms with E-state index in [4.69, 9.17) is 5.11 Å². The number of ketones is 1. The molecule has 0 aromatic carbocycles. The Balaban J connectivity index is 2.15. The lowest BCUT2D eigenvalue weighted by Crippen LogP contribution is -2.33. The van der Waals surface area contributed by atoms with Crippen LogP contribution in [0.25, 0.3) is 0 Å². The summed E-state index contributed by atoms with van der Waals surface area (Å²) in [6.07, 6.45) is 2.21. The molecule has 0 saturated heterocycles. The maximum absolute atomic E-state index is 10.7. The molecule has 2 unspecified atom stereocenters. The quantitative estimate of drug-likeness (QED) is 0.757. The minimum Gasteiger partial charge on any atom is -0.481 e. The number of aliphatic carboxylic acids is 1. The SMILES string of the molecule is CC(=O)CSC1CCC1SCC(=O)O. The Labute approximate surface area is 92.0 Å². The number of Topliss-reactive ketones (excluding diaryl/α,β-unsaturated/α-hetero) is 1. The van der Waals surface area contributed by atoms with E-state index in [1.165, 1.54) is 11.8 Å². The minimum absolute atomic E-state index is 0.182. The van der Waals surface area contributed by atoms with Crippen molar-refractivity contribution in [1.82, 2.24) is 0 Å². The van der Waals surface area contributed by atoms with Crippen molar-refractivity contribution in [3.05, 3.63) is 0 Å². The first-order chi connectivity index (χ1) is 6.59. The Morgan fingerprint density at radius 2 is 1.71 bits per heavy atom. The molecule has 1 aliphatic rings. The highest BCUT2D eigenvalue weighted by Crippen LogP contribution is 2.39. The van der Waals surface area contributed by atoms with Crippen LogP contribution in [0, 0.1) is 0 Å². The van der Waals surface area contributed by atoms with Crippen LogP contribution in [0.15, 0.2) is 0 Å². The first kappa shape index (κ1) is 11.9. The molecule has 0 aromatic rings. The topological polar surface area (TPSA) is 54.4 Å². The van der Waals surface area contributed by atoms with Gasteiger partial charge < -0.3 is 5.11 Å². The maximum atomic E-state index is 10.7. The smallest absolute Gasteiger partial charge is 0.313 e. The first-order valence-corrected chi connectivity index (χ1v) is 6.64. The standard InChI is InChI=1S/C9H14O3S2/c1-6(10)4-13-7-2-3-8(7)14-5-9(11)12/h7-8H,2-5H2,1H3,(H,11,12). The van der Waals surface area contributed by atoms with Gasteiger partial charge in [-0.05, 0) is 19.8 Å². The van der Waals surface area contributed by atoms with E-state index >= 15 is 0 Å². The number of hydrogen-bond acceptors (Lipinski definition) is 4. The van der Waals surface area contributed by atoms with Gasteiger partial charge in [-0.15, -0.1) is 23.5 Å². The molecule has 1 rings (SSSR count). The van der Waals surface area contributed by atoms with Gasteiger partial charge in [-0.2, -0.15) is 0 Å². The van der Waals surface area contributed by atoms with E-state index < -0.39 is 5.97 Å². The molecule has 80 valence electrons. The molecule has 0 radical (unpaired) electrons. The number of carboxylic acid groups (broad SMARTS) is 1. The summed E-state index contributed by atoms with van der Waals surface area (Å²) in [7, 11) is 0. The summed E-state index contributed by atoms with van der Waals surface area (Å²) in [5.41, 5.74) is 0. The molecular weight excluding hydrogens is 220 g/mol. The van der Waals surface area contributed by atoms with Crippen LogP contribution >= 0.6 is 23.5 Å². The molecule has 0 heterocycles. The molecule has 1 N–H and O–H groups in total. The zero-order valence-electron chi connectivity index (χ0n) is 8.06. The van der Waals surface area contributed by atoms with Crippen molar-refractivity contribution in [2.45, 2.75) is 30.3 Å². The molecule has 0 aromatic heterocycles. The molecule has 1 fully saturated rings. The third kappa shape index (κ3) is 3.92. The van der Waals surface area contributed by atoms with Gasteiger partial charge in [-0.25, -0.2) is 0 Å². The molecule has 3 nitrogen and oxygen atoms in total. The van der Waals surface area contributed by atoms with Crippen molar-refractivity contribution < 1.29 is 14.7 Å². The predicted octanol–water partition coefficient (Wildman–Crippen LogP) is 1.66. The van der Waals surface area contributed by atoms with E-state index in [0.717, 1.165) is 12.8 Å². The fraction of sp³-hybridized carbons (Fsp3) is 0.778. The molecule has 1 saturated carbocycles. The van der Waals surface area contributed by atoms with Crippen molar-refractivity contribution in [3.8, 4) is 0 Å². The number of hydrogen-bond donors (Lipinski definition) is 1. The number of carbonyl (C=O) groups excluding carboxylic acids is 1. The van der Waals surface area contributed by atoms with Gasteiger partial charge in [0, 0.05) is 10.5 Å². The zero-order chi connectivity index (χ0) is 10.6. The van der Waals surface area contributed by atoms with Crippen LogP contribution in [0.2, 0.25) is 0 Å². The highest BCUT2D eigenvalue weighted by Gasteiger charge is 2.31. The van der Waals surface area contributed by atoms with Gasteiger partial charge in [0.15, 0.2) is 0 Å². The van der Waals surface area contributed by atoms with Crippen LogP contribution in [-0.2, 0) is 9.59 Å². The van der Waals surface area contributed by atoms with Crippen LogP contribution in [0.4, 0.5) is 0 Å². The second-order valence-electron chi connectivity index (χ2n) is 3.37. The minimum atomic E-state index is -0.753. The van der Waals surface area contributed by atoms with Crippen LogP contribution in [0.5, 0.6) is 0 Å². The van der Waals surface area contributed by atoms with Crippen LogP contribution < -0.4 is 0 Å². The predicted molar refractivity (Wildman–Crippen MR) is 60.0 cm³/mol. The Morgan fingerprint density at radius 3 is 2.07 bits per heavy atom. The molecular formula is C9H14O3S2. The molecule has 0 amide bonds. The van der Waals surface area contributed by atoms with E-state index in [0.29, 0.717) is 16.3 Å². The third-order valence-corrected chi connectivity index (χ3v) is 5.22. The normalized spacial score (nSPS) is 25.5. The van der Waals surface area contributed by atoms with Crippen molar-refractivity contribution in [1.29, 1.82) is 0 Å². The Hall–Kier alpha value is -0.160. The Bertz CT molecular complexity index is 206. The average Bonchev–Trinajstić information content (AvgIpc) is 2.01. The second-order valence-corrected chi connectivity index (χ2v) is 5.83. The molecule has 0 spiro atoms. The van der Waals surface area contributed by atoms with Crippen LogP contribution in [0.3, 0.4) is 0 Å². The van der Waals surface area contributed by atoms with Crippen LogP contribution in [0.1, 0.15) is 19.8 Å². The second kappa shape index (κ2) is 5.66. The summed E-state index contributed by atoms with van der Waals surface area (Å²) in [5, 5.41) is 9.43. The highest BCUT2D eigenvalue weighted by molar-refractivity contribution is 8.04. The van der Waals surface area contributed by atoms with Crippen molar-refractivity contribution in [2.75, 3.05) is 11.5 Å². The lowest BCUT2D eigenvalue weighted by atomic mass is 9.99. The van der Waals surface area contributed by atoms with Gasteiger partial charge in [-0.3, -0.25) is 9.59 Å². The van der Waals surface area contributed by atoms with Crippen molar-refractivity contribution in [3.63, 3.8) is 0 Å². The summed E-state index contributed by atoms with van der Waals surface area (Å²) in [6.45, 7) is 1.59. The van der Waals surface area contributed by atoms with Crippen molar-refractivity contribution in [2.24, 2.45) is 0 Å². The molecule has 2 atom stereocenters. The summed E-state index contributed by atoms with van der Waals surface area (Å²) < 4.78 is 0. The van der Waals surface area contributed by atoms with Gasteiger partial charge in [0.05, 0.1) is 11.5 Å². The van der Waals surface area contributed by atoms with Gasteiger partial charge in [-0.1, -0.05) is 0 Å². The van der Waals surface area contributed by atoms with Gasteiger partial charge in [0.1, 0.15) is 5.78 Å². The Kier molecular flexibility index (Phi) is 4.81. The summed E-state index contributed by atoms with van der Waals surface area (Å²) in [4.78, 5) is 21.1. The number of thioether (sulfide) groups is 2. The lowest BCUT2D eigenvalue weighted by Gasteiger charge is -2.35. The fourth-order valence-corrected chi connectivity index (χ4v) is 3.81. The third-order valence-electron chi connectivity index (χ3n) is 2.07. The number of carbonyl (C=O) groups is 2. The molecule has 0 bridgehead atoms. The molecule has 14 heavy (non-hydrogen) atoms. The number of carboxylic acids is 1. The molecule has 1 aliphatic carbocycles. The largest absolute Gasteiger partial charge is 0.481 e. The summed E-state index contributed by atoms with van der Waals surface area (Å²) in [6, 6.07) is 0. The van der Waals surface area contributed by atoms with E-state index in [2.05, 4.69) is 0 Å².